The number of rotatable bonds is 5. The van der Waals surface area contributed by atoms with Gasteiger partial charge < -0.3 is 9.84 Å². The van der Waals surface area contributed by atoms with Crippen LogP contribution in [0.1, 0.15) is 29.7 Å². The summed E-state index contributed by atoms with van der Waals surface area (Å²) in [5.74, 6) is 0.700. The lowest BCUT2D eigenvalue weighted by Gasteiger charge is -2.12. The summed E-state index contributed by atoms with van der Waals surface area (Å²) < 4.78 is 5.69. The van der Waals surface area contributed by atoms with E-state index in [0.717, 1.165) is 16.7 Å². The molecule has 1 atom stereocenters. The number of nitro benzene ring substituents is 1. The fourth-order valence-electron chi connectivity index (χ4n) is 2.02. The molecule has 0 amide bonds. The number of aliphatic hydroxyl groups excluding tert-OH is 1. The van der Waals surface area contributed by atoms with Crippen molar-refractivity contribution in [1.29, 1.82) is 0 Å². The molecule has 0 spiro atoms. The van der Waals surface area contributed by atoms with Crippen molar-refractivity contribution in [2.45, 2.75) is 26.6 Å². The van der Waals surface area contributed by atoms with E-state index in [2.05, 4.69) is 0 Å². The van der Waals surface area contributed by atoms with Gasteiger partial charge in [0.05, 0.1) is 11.0 Å². The maximum Gasteiger partial charge on any atom is 0.269 e. The van der Waals surface area contributed by atoms with Crippen molar-refractivity contribution in [3.05, 3.63) is 69.3 Å². The van der Waals surface area contributed by atoms with Crippen molar-refractivity contribution in [1.82, 2.24) is 0 Å². The number of benzene rings is 2. The van der Waals surface area contributed by atoms with Crippen molar-refractivity contribution >= 4 is 5.69 Å². The van der Waals surface area contributed by atoms with Crippen LogP contribution in [0.4, 0.5) is 5.69 Å². The highest BCUT2D eigenvalue weighted by Gasteiger charge is 2.08. The monoisotopic (exact) mass is 287 g/mol. The number of nitrogens with zero attached hydrogens (tertiary/aromatic N) is 1. The van der Waals surface area contributed by atoms with Gasteiger partial charge in [-0.05, 0) is 42.7 Å². The molecule has 2 aromatic rings. The van der Waals surface area contributed by atoms with Crippen LogP contribution in [0.5, 0.6) is 5.75 Å². The molecule has 1 N–H and O–H groups in total. The van der Waals surface area contributed by atoms with Gasteiger partial charge in [-0.15, -0.1) is 0 Å². The predicted octanol–water partition coefficient (Wildman–Crippen LogP) is 3.54. The van der Waals surface area contributed by atoms with Crippen LogP contribution in [0.3, 0.4) is 0 Å². The fraction of sp³-hybridized carbons (Fsp3) is 0.250. The van der Waals surface area contributed by atoms with E-state index in [1.54, 1.807) is 31.2 Å². The first kappa shape index (κ1) is 15.0. The third kappa shape index (κ3) is 3.79. The third-order valence-electron chi connectivity index (χ3n) is 3.20. The zero-order valence-electron chi connectivity index (χ0n) is 11.9. The van der Waals surface area contributed by atoms with Gasteiger partial charge in [0.25, 0.3) is 5.69 Å². The molecule has 0 aromatic heterocycles. The molecule has 110 valence electrons. The quantitative estimate of drug-likeness (QED) is 0.674. The minimum atomic E-state index is -0.519. The van der Waals surface area contributed by atoms with Gasteiger partial charge in [-0.1, -0.05) is 18.2 Å². The third-order valence-corrected chi connectivity index (χ3v) is 3.20. The second-order valence-corrected chi connectivity index (χ2v) is 4.92. The molecule has 0 heterocycles. The highest BCUT2D eigenvalue weighted by atomic mass is 16.6. The molecule has 2 rings (SSSR count). The second kappa shape index (κ2) is 6.37. The molecule has 0 fully saturated rings. The highest BCUT2D eigenvalue weighted by molar-refractivity contribution is 5.38. The van der Waals surface area contributed by atoms with E-state index >= 15 is 0 Å². The Hall–Kier alpha value is -2.40. The zero-order valence-corrected chi connectivity index (χ0v) is 11.9. The molecule has 1 unspecified atom stereocenters. The molecular weight excluding hydrogens is 270 g/mol. The number of nitro groups is 1. The van der Waals surface area contributed by atoms with Crippen LogP contribution in [-0.2, 0) is 6.61 Å². The van der Waals surface area contributed by atoms with Gasteiger partial charge in [0, 0.05) is 12.1 Å². The van der Waals surface area contributed by atoms with Crippen LogP contribution in [0.25, 0.3) is 0 Å². The average Bonchev–Trinajstić information content (AvgIpc) is 2.46. The molecule has 21 heavy (non-hydrogen) atoms. The molecule has 5 nitrogen and oxygen atoms in total. The van der Waals surface area contributed by atoms with E-state index in [1.165, 1.54) is 12.1 Å². The first-order valence-corrected chi connectivity index (χ1v) is 6.62. The largest absolute Gasteiger partial charge is 0.489 e. The molecule has 0 aliphatic rings. The summed E-state index contributed by atoms with van der Waals surface area (Å²) in [6, 6.07) is 11.8. The van der Waals surface area contributed by atoms with Gasteiger partial charge >= 0.3 is 0 Å². The Balaban J connectivity index is 2.09. The van der Waals surface area contributed by atoms with Gasteiger partial charge in [-0.25, -0.2) is 0 Å². The maximum absolute atomic E-state index is 10.7. The predicted molar refractivity (Wildman–Crippen MR) is 79.2 cm³/mol. The van der Waals surface area contributed by atoms with Gasteiger partial charge in [-0.3, -0.25) is 10.1 Å². The molecule has 5 heteroatoms. The van der Waals surface area contributed by atoms with Crippen LogP contribution in [0, 0.1) is 17.0 Å². The number of ether oxygens (including phenoxy) is 1. The van der Waals surface area contributed by atoms with Crippen LogP contribution in [0.2, 0.25) is 0 Å². The van der Waals surface area contributed by atoms with Crippen molar-refractivity contribution < 1.29 is 14.8 Å². The number of hydrogen-bond acceptors (Lipinski definition) is 4. The smallest absolute Gasteiger partial charge is 0.269 e. The van der Waals surface area contributed by atoms with Crippen LogP contribution < -0.4 is 4.74 Å². The standard InChI is InChI=1S/C16H17NO4/c1-11-8-14(12(2)18)6-7-16(11)21-10-13-4-3-5-15(9-13)17(19)20/h3-9,12,18H,10H2,1-2H3. The summed E-state index contributed by atoms with van der Waals surface area (Å²) in [5, 5.41) is 20.2. The van der Waals surface area contributed by atoms with E-state index in [0.29, 0.717) is 5.75 Å². The summed E-state index contributed by atoms with van der Waals surface area (Å²) in [5.41, 5.74) is 2.54. The Morgan fingerprint density at radius 3 is 2.67 bits per heavy atom. The normalized spacial score (nSPS) is 12.0. The zero-order chi connectivity index (χ0) is 15.4. The van der Waals surface area contributed by atoms with Crippen LogP contribution in [0.15, 0.2) is 42.5 Å². The molecule has 0 saturated carbocycles. The first-order chi connectivity index (χ1) is 9.97. The summed E-state index contributed by atoms with van der Waals surface area (Å²) in [7, 11) is 0. The highest BCUT2D eigenvalue weighted by Crippen LogP contribution is 2.24. The Kier molecular flexibility index (Phi) is 4.55. The first-order valence-electron chi connectivity index (χ1n) is 6.62. The molecule has 0 bridgehead atoms. The minimum absolute atomic E-state index is 0.0530. The van der Waals surface area contributed by atoms with Gasteiger partial charge in [0.2, 0.25) is 0 Å². The number of hydrogen-bond donors (Lipinski definition) is 1. The molecular formula is C16H17NO4. The molecule has 0 saturated heterocycles. The second-order valence-electron chi connectivity index (χ2n) is 4.92. The van der Waals surface area contributed by atoms with E-state index < -0.39 is 11.0 Å². The molecule has 0 aliphatic carbocycles. The van der Waals surface area contributed by atoms with E-state index in [4.69, 9.17) is 4.74 Å². The Bertz CT molecular complexity index is 652. The van der Waals surface area contributed by atoms with Crippen molar-refractivity contribution in [3.8, 4) is 5.75 Å². The number of aliphatic hydroxyl groups is 1. The van der Waals surface area contributed by atoms with Crippen molar-refractivity contribution in [2.75, 3.05) is 0 Å². The Labute approximate surface area is 123 Å². The lowest BCUT2D eigenvalue weighted by Crippen LogP contribution is -1.99. The average molecular weight is 287 g/mol. The van der Waals surface area contributed by atoms with E-state index in [9.17, 15) is 15.2 Å². The van der Waals surface area contributed by atoms with Gasteiger partial charge in [0.1, 0.15) is 12.4 Å². The fourth-order valence-corrected chi connectivity index (χ4v) is 2.02. The summed E-state index contributed by atoms with van der Waals surface area (Å²) in [6.45, 7) is 3.86. The number of non-ortho nitro benzene ring substituents is 1. The number of aryl methyl sites for hydroxylation is 1. The lowest BCUT2D eigenvalue weighted by molar-refractivity contribution is -0.384. The van der Waals surface area contributed by atoms with Gasteiger partial charge in [0.15, 0.2) is 0 Å². The Morgan fingerprint density at radius 2 is 2.05 bits per heavy atom. The van der Waals surface area contributed by atoms with Crippen molar-refractivity contribution in [3.63, 3.8) is 0 Å². The van der Waals surface area contributed by atoms with Crippen LogP contribution >= 0.6 is 0 Å². The summed E-state index contributed by atoms with van der Waals surface area (Å²) >= 11 is 0. The van der Waals surface area contributed by atoms with Crippen LogP contribution in [-0.4, -0.2) is 10.0 Å². The Morgan fingerprint density at radius 1 is 1.29 bits per heavy atom. The van der Waals surface area contributed by atoms with Gasteiger partial charge in [-0.2, -0.15) is 0 Å². The topological polar surface area (TPSA) is 72.6 Å². The summed E-state index contributed by atoms with van der Waals surface area (Å²) in [6.07, 6.45) is -0.519. The molecule has 2 aromatic carbocycles. The minimum Gasteiger partial charge on any atom is -0.489 e. The SMILES string of the molecule is Cc1cc(C(C)O)ccc1OCc1cccc([N+](=O)[O-])c1. The van der Waals surface area contributed by atoms with E-state index in [1.807, 2.05) is 13.0 Å². The summed E-state index contributed by atoms with van der Waals surface area (Å²) in [4.78, 5) is 10.3. The molecule has 0 aliphatic heterocycles. The lowest BCUT2D eigenvalue weighted by atomic mass is 10.1. The molecule has 0 radical (unpaired) electrons. The van der Waals surface area contributed by atoms with Crippen molar-refractivity contribution in [2.24, 2.45) is 0 Å². The van der Waals surface area contributed by atoms with E-state index in [-0.39, 0.29) is 12.3 Å². The maximum atomic E-state index is 10.7.